The number of rotatable bonds is 4. The van der Waals surface area contributed by atoms with Crippen LogP contribution in [0.25, 0.3) is 0 Å². The van der Waals surface area contributed by atoms with E-state index in [4.69, 9.17) is 31.2 Å². The van der Waals surface area contributed by atoms with E-state index in [9.17, 15) is 9.59 Å². The Morgan fingerprint density at radius 2 is 1.93 bits per heavy atom. The van der Waals surface area contributed by atoms with E-state index in [1.807, 2.05) is 18.2 Å². The molecule has 3 aliphatic heterocycles. The fourth-order valence-corrected chi connectivity index (χ4v) is 4.23. The van der Waals surface area contributed by atoms with Crippen molar-refractivity contribution in [2.24, 2.45) is 0 Å². The number of benzene rings is 1. The molecule has 0 aromatic heterocycles. The molecule has 0 aliphatic carbocycles. The Kier molecular flexibility index (Phi) is 6.12. The molecule has 0 spiro atoms. The average Bonchev–Trinajstić information content (AvgIpc) is 3.15. The number of carbonyl (C=O) groups is 2. The molecule has 1 aromatic rings. The number of fused-ring (bicyclic) bond motifs is 1. The fourth-order valence-electron chi connectivity index (χ4n) is 3.93. The molecule has 0 bridgehead atoms. The van der Waals surface area contributed by atoms with Crippen molar-refractivity contribution < 1.29 is 28.5 Å². The first-order valence-corrected chi connectivity index (χ1v) is 10.5. The summed E-state index contributed by atoms with van der Waals surface area (Å²) in [6, 6.07) is 4.88. The van der Waals surface area contributed by atoms with Crippen molar-refractivity contribution in [1.29, 1.82) is 0 Å². The van der Waals surface area contributed by atoms with Gasteiger partial charge in [-0.15, -0.1) is 0 Å². The number of hydrogen-bond acceptors (Lipinski definition) is 7. The summed E-state index contributed by atoms with van der Waals surface area (Å²) in [4.78, 5) is 27.9. The van der Waals surface area contributed by atoms with Gasteiger partial charge >= 0.3 is 12.1 Å². The predicted octanol–water partition coefficient (Wildman–Crippen LogP) is 2.00. The minimum absolute atomic E-state index is 0.0436. The van der Waals surface area contributed by atoms with Crippen molar-refractivity contribution in [3.63, 3.8) is 0 Å². The van der Waals surface area contributed by atoms with Crippen LogP contribution in [0.3, 0.4) is 0 Å². The smallest absolute Gasteiger partial charge is 0.410 e. The Balaban J connectivity index is 1.33. The molecule has 2 saturated heterocycles. The summed E-state index contributed by atoms with van der Waals surface area (Å²) in [6.07, 6.45) is 0.922. The number of anilines is 1. The quantitative estimate of drug-likeness (QED) is 0.563. The number of esters is 1. The van der Waals surface area contributed by atoms with Crippen LogP contribution in [0.4, 0.5) is 10.5 Å². The molecule has 3 aliphatic rings. The zero-order valence-electron chi connectivity index (χ0n) is 16.8. The van der Waals surface area contributed by atoms with Crippen molar-refractivity contribution in [3.8, 4) is 11.5 Å². The van der Waals surface area contributed by atoms with Crippen LogP contribution in [-0.2, 0) is 14.3 Å². The number of piperidine rings is 1. The van der Waals surface area contributed by atoms with Crippen molar-refractivity contribution in [1.82, 2.24) is 9.80 Å². The van der Waals surface area contributed by atoms with Crippen molar-refractivity contribution in [3.05, 3.63) is 18.2 Å². The fraction of sp³-hybridized carbons (Fsp3) is 0.550. The number of ether oxygens (including phenoxy) is 4. The van der Waals surface area contributed by atoms with Gasteiger partial charge in [0.1, 0.15) is 19.8 Å². The van der Waals surface area contributed by atoms with Crippen LogP contribution >= 0.6 is 12.2 Å². The summed E-state index contributed by atoms with van der Waals surface area (Å²) in [5.74, 6) is 1.01. The SMILES string of the molecule is CCOC(=O)[C@@H]1COC(=O)N1C1CCN(C(=S)Nc2ccc3c(c2)OCCO3)CC1. The molecule has 162 valence electrons. The van der Waals surface area contributed by atoms with E-state index in [0.717, 1.165) is 11.4 Å². The van der Waals surface area contributed by atoms with Crippen LogP contribution in [0.1, 0.15) is 19.8 Å². The molecule has 30 heavy (non-hydrogen) atoms. The lowest BCUT2D eigenvalue weighted by Gasteiger charge is -2.38. The van der Waals surface area contributed by atoms with E-state index in [-0.39, 0.29) is 19.3 Å². The predicted molar refractivity (Wildman–Crippen MR) is 112 cm³/mol. The number of nitrogens with zero attached hydrogens (tertiary/aromatic N) is 2. The van der Waals surface area contributed by atoms with Crippen LogP contribution in [-0.4, -0.2) is 78.6 Å². The molecule has 1 aromatic carbocycles. The second-order valence-electron chi connectivity index (χ2n) is 7.26. The van der Waals surface area contributed by atoms with E-state index in [0.29, 0.717) is 50.0 Å². The first-order valence-electron chi connectivity index (χ1n) is 10.1. The van der Waals surface area contributed by atoms with Crippen LogP contribution in [0, 0.1) is 0 Å². The average molecular weight is 436 g/mol. The molecule has 9 nitrogen and oxygen atoms in total. The van der Waals surface area contributed by atoms with E-state index in [2.05, 4.69) is 10.2 Å². The number of thiocarbonyl (C=S) groups is 1. The zero-order chi connectivity index (χ0) is 21.1. The van der Waals surface area contributed by atoms with Crippen LogP contribution in [0.5, 0.6) is 11.5 Å². The summed E-state index contributed by atoms with van der Waals surface area (Å²) in [6.45, 7) is 4.47. The highest BCUT2D eigenvalue weighted by Crippen LogP contribution is 2.33. The molecule has 2 fully saturated rings. The van der Waals surface area contributed by atoms with Gasteiger partial charge in [0.15, 0.2) is 22.7 Å². The normalized spacial score (nSPS) is 21.2. The number of carbonyl (C=O) groups excluding carboxylic acids is 2. The Morgan fingerprint density at radius 1 is 1.20 bits per heavy atom. The lowest BCUT2D eigenvalue weighted by atomic mass is 10.0. The molecule has 0 unspecified atom stereocenters. The monoisotopic (exact) mass is 435 g/mol. The molecule has 1 N–H and O–H groups in total. The third-order valence-corrected chi connectivity index (χ3v) is 5.77. The first-order chi connectivity index (χ1) is 14.6. The van der Waals surface area contributed by atoms with Gasteiger partial charge in [-0.1, -0.05) is 0 Å². The van der Waals surface area contributed by atoms with E-state index < -0.39 is 18.1 Å². The molecule has 4 rings (SSSR count). The minimum Gasteiger partial charge on any atom is -0.486 e. The highest BCUT2D eigenvalue weighted by Gasteiger charge is 2.44. The lowest BCUT2D eigenvalue weighted by Crippen LogP contribution is -2.52. The second kappa shape index (κ2) is 8.95. The Hall–Kier alpha value is -2.75. The maximum Gasteiger partial charge on any atom is 0.410 e. The number of amides is 1. The first kappa shape index (κ1) is 20.5. The molecule has 0 radical (unpaired) electrons. The Labute approximate surface area is 180 Å². The number of hydrogen-bond donors (Lipinski definition) is 1. The topological polar surface area (TPSA) is 89.6 Å². The van der Waals surface area contributed by atoms with Gasteiger partial charge in [0, 0.05) is 30.9 Å². The Bertz CT molecular complexity index is 827. The van der Waals surface area contributed by atoms with Gasteiger partial charge in [0.25, 0.3) is 0 Å². The molecular formula is C20H25N3O6S. The van der Waals surface area contributed by atoms with Gasteiger partial charge in [-0.2, -0.15) is 0 Å². The van der Waals surface area contributed by atoms with Gasteiger partial charge in [0.2, 0.25) is 0 Å². The maximum atomic E-state index is 12.2. The summed E-state index contributed by atoms with van der Waals surface area (Å²) >= 11 is 5.57. The Morgan fingerprint density at radius 3 is 2.67 bits per heavy atom. The number of cyclic esters (lactones) is 1. The summed E-state index contributed by atoms with van der Waals surface area (Å²) in [5, 5.41) is 3.85. The third-order valence-electron chi connectivity index (χ3n) is 5.41. The molecule has 0 saturated carbocycles. The van der Waals surface area contributed by atoms with Crippen molar-refractivity contribution in [2.45, 2.75) is 31.8 Å². The lowest BCUT2D eigenvalue weighted by molar-refractivity contribution is -0.148. The zero-order valence-corrected chi connectivity index (χ0v) is 17.6. The summed E-state index contributed by atoms with van der Waals surface area (Å²) in [7, 11) is 0. The van der Waals surface area contributed by atoms with Crippen LogP contribution < -0.4 is 14.8 Å². The van der Waals surface area contributed by atoms with E-state index in [1.165, 1.54) is 4.90 Å². The van der Waals surface area contributed by atoms with Crippen molar-refractivity contribution in [2.75, 3.05) is 44.8 Å². The second-order valence-corrected chi connectivity index (χ2v) is 7.65. The van der Waals surface area contributed by atoms with Gasteiger partial charge in [0.05, 0.1) is 6.61 Å². The van der Waals surface area contributed by atoms with Crippen molar-refractivity contribution >= 4 is 35.1 Å². The van der Waals surface area contributed by atoms with Gasteiger partial charge in [-0.25, -0.2) is 9.59 Å². The summed E-state index contributed by atoms with van der Waals surface area (Å²) in [5.41, 5.74) is 0.830. The summed E-state index contributed by atoms with van der Waals surface area (Å²) < 4.78 is 21.3. The maximum absolute atomic E-state index is 12.2. The van der Waals surface area contributed by atoms with Crippen LogP contribution in [0.15, 0.2) is 18.2 Å². The standard InChI is InChI=1S/C20H25N3O6S/c1-2-26-18(24)15-12-29-20(25)23(15)14-5-7-22(8-6-14)19(30)21-13-3-4-16-17(11-13)28-10-9-27-16/h3-4,11,14-15H,2,5-10,12H2,1H3,(H,21,30)/t15-/m0/s1. The van der Waals surface area contributed by atoms with Gasteiger partial charge in [-0.05, 0) is 44.1 Å². The van der Waals surface area contributed by atoms with E-state index in [1.54, 1.807) is 6.92 Å². The number of likely N-dealkylation sites (tertiary alicyclic amines) is 1. The molecule has 10 heteroatoms. The highest BCUT2D eigenvalue weighted by atomic mass is 32.1. The third kappa shape index (κ3) is 4.23. The van der Waals surface area contributed by atoms with Gasteiger partial charge < -0.3 is 29.2 Å². The minimum atomic E-state index is -0.670. The van der Waals surface area contributed by atoms with E-state index >= 15 is 0 Å². The van der Waals surface area contributed by atoms with Crippen LogP contribution in [0.2, 0.25) is 0 Å². The molecule has 1 amide bonds. The molecule has 3 heterocycles. The highest BCUT2D eigenvalue weighted by molar-refractivity contribution is 7.80. The van der Waals surface area contributed by atoms with Gasteiger partial charge in [-0.3, -0.25) is 4.90 Å². The molecule has 1 atom stereocenters. The largest absolute Gasteiger partial charge is 0.486 e. The number of nitrogens with one attached hydrogen (secondary N) is 1. The molecular weight excluding hydrogens is 410 g/mol.